The van der Waals surface area contributed by atoms with Crippen LogP contribution in [0, 0.1) is 0 Å². The van der Waals surface area contributed by atoms with E-state index >= 15 is 0 Å². The van der Waals surface area contributed by atoms with Crippen molar-refractivity contribution in [2.75, 3.05) is 31.1 Å². The molecule has 0 saturated carbocycles. The lowest BCUT2D eigenvalue weighted by atomic mass is 9.92. The number of aryl methyl sites for hydroxylation is 1. The summed E-state index contributed by atoms with van der Waals surface area (Å²) in [5.74, 6) is -0.0584. The summed E-state index contributed by atoms with van der Waals surface area (Å²) in [5.41, 5.74) is 0.970. The molecule has 7 heteroatoms. The number of nitrogens with zero attached hydrogens (tertiary/aromatic N) is 4. The molecule has 0 N–H and O–H groups in total. The molecular weight excluding hydrogens is 344 g/mol. The molecule has 2 aromatic rings. The highest BCUT2D eigenvalue weighted by Gasteiger charge is 2.42. The van der Waals surface area contributed by atoms with Crippen molar-refractivity contribution in [2.45, 2.75) is 24.9 Å². The van der Waals surface area contributed by atoms with E-state index in [0.717, 1.165) is 18.5 Å². The maximum atomic E-state index is 12.7. The average Bonchev–Trinajstić information content (AvgIpc) is 3.02. The van der Waals surface area contributed by atoms with Gasteiger partial charge in [-0.15, -0.1) is 0 Å². The zero-order valence-corrected chi connectivity index (χ0v) is 15.5. The highest BCUT2D eigenvalue weighted by atomic mass is 16.5. The number of likely N-dealkylation sites (tertiary alicyclic amines) is 1. The number of morpholine rings is 1. The molecule has 0 bridgehead atoms. The molecule has 2 aliphatic heterocycles. The van der Waals surface area contributed by atoms with Crippen LogP contribution in [0.1, 0.15) is 29.8 Å². The molecule has 27 heavy (non-hydrogen) atoms. The summed E-state index contributed by atoms with van der Waals surface area (Å²) >= 11 is 0. The van der Waals surface area contributed by atoms with Crippen LogP contribution in [0.5, 0.6) is 0 Å². The molecule has 2 aliphatic rings. The summed E-state index contributed by atoms with van der Waals surface area (Å²) in [4.78, 5) is 28.8. The van der Waals surface area contributed by atoms with Crippen molar-refractivity contribution in [1.82, 2.24) is 14.7 Å². The molecule has 1 unspecified atom stereocenters. The topological polar surface area (TPSA) is 67.7 Å². The minimum Gasteiger partial charge on any atom is -0.363 e. The van der Waals surface area contributed by atoms with Gasteiger partial charge < -0.3 is 14.5 Å². The molecule has 1 aromatic carbocycles. The Morgan fingerprint density at radius 1 is 1.15 bits per heavy atom. The number of anilines is 1. The van der Waals surface area contributed by atoms with Crippen molar-refractivity contribution in [2.24, 2.45) is 7.05 Å². The van der Waals surface area contributed by atoms with E-state index in [9.17, 15) is 9.59 Å². The van der Waals surface area contributed by atoms with E-state index in [2.05, 4.69) is 5.10 Å². The monoisotopic (exact) mass is 368 g/mol. The third kappa shape index (κ3) is 3.60. The average molecular weight is 368 g/mol. The number of amides is 2. The zero-order valence-electron chi connectivity index (χ0n) is 15.5. The SMILES string of the molecule is Cn1ccc(C(=O)N2CCCC3(CC2)CN(c2ccccc2)C(=O)CO3)n1. The Morgan fingerprint density at radius 3 is 2.70 bits per heavy atom. The van der Waals surface area contributed by atoms with Crippen molar-refractivity contribution in [1.29, 1.82) is 0 Å². The third-order valence-electron chi connectivity index (χ3n) is 5.43. The fourth-order valence-corrected chi connectivity index (χ4v) is 3.92. The smallest absolute Gasteiger partial charge is 0.274 e. The fraction of sp³-hybridized carbons (Fsp3) is 0.450. The molecule has 0 radical (unpaired) electrons. The number of para-hydroxylation sites is 1. The van der Waals surface area contributed by atoms with Crippen molar-refractivity contribution >= 4 is 17.5 Å². The predicted octanol–water partition coefficient (Wildman–Crippen LogP) is 1.85. The van der Waals surface area contributed by atoms with Gasteiger partial charge in [0.2, 0.25) is 0 Å². The van der Waals surface area contributed by atoms with Crippen LogP contribution in [0.25, 0.3) is 0 Å². The Morgan fingerprint density at radius 2 is 1.96 bits per heavy atom. The molecule has 4 rings (SSSR count). The van der Waals surface area contributed by atoms with Gasteiger partial charge in [-0.3, -0.25) is 14.3 Å². The van der Waals surface area contributed by atoms with Gasteiger partial charge in [-0.05, 0) is 37.5 Å². The number of hydrogen-bond donors (Lipinski definition) is 0. The molecule has 1 atom stereocenters. The summed E-state index contributed by atoms with van der Waals surface area (Å²) in [6.45, 7) is 1.90. The van der Waals surface area contributed by atoms with Crippen LogP contribution in [0.4, 0.5) is 5.69 Å². The van der Waals surface area contributed by atoms with Gasteiger partial charge in [0.25, 0.3) is 11.8 Å². The quantitative estimate of drug-likeness (QED) is 0.811. The predicted molar refractivity (Wildman–Crippen MR) is 100 cm³/mol. The van der Waals surface area contributed by atoms with Gasteiger partial charge in [0, 0.05) is 32.0 Å². The lowest BCUT2D eigenvalue weighted by Crippen LogP contribution is -2.55. The van der Waals surface area contributed by atoms with E-state index in [4.69, 9.17) is 4.74 Å². The van der Waals surface area contributed by atoms with Crippen LogP contribution in [-0.4, -0.2) is 58.3 Å². The minimum atomic E-state index is -0.400. The number of hydrogen-bond acceptors (Lipinski definition) is 4. The number of carbonyl (C=O) groups is 2. The van der Waals surface area contributed by atoms with Crippen molar-refractivity contribution < 1.29 is 14.3 Å². The number of benzene rings is 1. The van der Waals surface area contributed by atoms with E-state index in [1.807, 2.05) is 40.1 Å². The Kier molecular flexibility index (Phi) is 4.70. The van der Waals surface area contributed by atoms with Crippen molar-refractivity contribution in [3.63, 3.8) is 0 Å². The molecule has 2 fully saturated rings. The minimum absolute atomic E-state index is 0.0162. The Bertz CT molecular complexity index is 835. The number of ether oxygens (including phenoxy) is 1. The van der Waals surface area contributed by atoms with Gasteiger partial charge in [-0.1, -0.05) is 18.2 Å². The van der Waals surface area contributed by atoms with Gasteiger partial charge in [-0.2, -0.15) is 5.10 Å². The molecule has 142 valence electrons. The summed E-state index contributed by atoms with van der Waals surface area (Å²) in [6.07, 6.45) is 4.16. The third-order valence-corrected chi connectivity index (χ3v) is 5.43. The summed E-state index contributed by atoms with van der Waals surface area (Å²) in [7, 11) is 1.80. The Hall–Kier alpha value is -2.67. The first-order chi connectivity index (χ1) is 13.1. The van der Waals surface area contributed by atoms with Gasteiger partial charge in [0.05, 0.1) is 12.1 Å². The van der Waals surface area contributed by atoms with Crippen LogP contribution in [0.3, 0.4) is 0 Å². The molecule has 3 heterocycles. The maximum absolute atomic E-state index is 12.7. The highest BCUT2D eigenvalue weighted by Crippen LogP contribution is 2.33. The van der Waals surface area contributed by atoms with Gasteiger partial charge in [0.1, 0.15) is 12.3 Å². The van der Waals surface area contributed by atoms with E-state index in [-0.39, 0.29) is 18.4 Å². The lowest BCUT2D eigenvalue weighted by molar-refractivity contribution is -0.140. The molecule has 7 nitrogen and oxygen atoms in total. The normalized spacial score (nSPS) is 23.5. The van der Waals surface area contributed by atoms with E-state index in [1.165, 1.54) is 0 Å². The molecule has 0 aliphatic carbocycles. The van der Waals surface area contributed by atoms with Crippen molar-refractivity contribution in [3.05, 3.63) is 48.3 Å². The van der Waals surface area contributed by atoms with E-state index in [0.29, 0.717) is 31.7 Å². The molecular formula is C20H24N4O3. The second kappa shape index (κ2) is 7.15. The maximum Gasteiger partial charge on any atom is 0.274 e. The van der Waals surface area contributed by atoms with E-state index < -0.39 is 5.60 Å². The highest BCUT2D eigenvalue weighted by molar-refractivity contribution is 5.95. The summed E-state index contributed by atoms with van der Waals surface area (Å²) in [5, 5.41) is 4.22. The Balaban J connectivity index is 1.48. The van der Waals surface area contributed by atoms with Gasteiger partial charge >= 0.3 is 0 Å². The van der Waals surface area contributed by atoms with Crippen LogP contribution < -0.4 is 4.90 Å². The largest absolute Gasteiger partial charge is 0.363 e. The summed E-state index contributed by atoms with van der Waals surface area (Å²) < 4.78 is 7.68. The first kappa shape index (κ1) is 17.7. The number of rotatable bonds is 2. The standard InChI is InChI=1S/C20H24N4O3/c1-22-12-8-17(21-22)19(26)23-11-5-9-20(10-13-23)15-24(18(25)14-27-20)16-6-3-2-4-7-16/h2-4,6-8,12H,5,9-11,13-15H2,1H3. The molecule has 1 aromatic heterocycles. The fourth-order valence-electron chi connectivity index (χ4n) is 3.92. The molecule has 2 amide bonds. The number of carbonyl (C=O) groups excluding carboxylic acids is 2. The molecule has 2 saturated heterocycles. The number of aromatic nitrogens is 2. The molecule has 1 spiro atoms. The summed E-state index contributed by atoms with van der Waals surface area (Å²) in [6, 6.07) is 11.5. The Labute approximate surface area is 158 Å². The van der Waals surface area contributed by atoms with Crippen molar-refractivity contribution in [3.8, 4) is 0 Å². The van der Waals surface area contributed by atoms with Crippen LogP contribution in [0.2, 0.25) is 0 Å². The second-order valence-electron chi connectivity index (χ2n) is 7.31. The van der Waals surface area contributed by atoms with Crippen LogP contribution >= 0.6 is 0 Å². The van der Waals surface area contributed by atoms with Crippen LogP contribution in [-0.2, 0) is 16.6 Å². The lowest BCUT2D eigenvalue weighted by Gasteiger charge is -2.42. The van der Waals surface area contributed by atoms with Gasteiger partial charge in [0.15, 0.2) is 0 Å². The van der Waals surface area contributed by atoms with E-state index in [1.54, 1.807) is 24.0 Å². The first-order valence-corrected chi connectivity index (χ1v) is 9.35. The zero-order chi connectivity index (χ0) is 18.9. The second-order valence-corrected chi connectivity index (χ2v) is 7.31. The first-order valence-electron chi connectivity index (χ1n) is 9.35. The van der Waals surface area contributed by atoms with Gasteiger partial charge in [-0.25, -0.2) is 0 Å². The van der Waals surface area contributed by atoms with Crippen LogP contribution in [0.15, 0.2) is 42.6 Å².